The van der Waals surface area contributed by atoms with Crippen molar-refractivity contribution in [3.8, 4) is 0 Å². The lowest BCUT2D eigenvalue weighted by molar-refractivity contribution is -0.118. The van der Waals surface area contributed by atoms with Crippen LogP contribution in [0.25, 0.3) is 10.9 Å². The first-order valence-electron chi connectivity index (χ1n) is 5.70. The van der Waals surface area contributed by atoms with Crippen molar-refractivity contribution in [3.63, 3.8) is 0 Å². The van der Waals surface area contributed by atoms with Crippen molar-refractivity contribution in [3.05, 3.63) is 35.5 Å². The molecule has 0 unspecified atom stereocenters. The summed E-state index contributed by atoms with van der Waals surface area (Å²) in [7, 11) is 0. The van der Waals surface area contributed by atoms with Crippen molar-refractivity contribution < 1.29 is 4.79 Å². The van der Waals surface area contributed by atoms with Crippen LogP contribution >= 0.6 is 0 Å². The molecule has 0 radical (unpaired) electrons. The number of rotatable bonds is 4. The molecule has 1 amide bonds. The molecule has 2 aromatic rings. The average Bonchev–Trinajstić information content (AvgIpc) is 2.55. The van der Waals surface area contributed by atoms with Crippen LogP contribution < -0.4 is 11.5 Å². The van der Waals surface area contributed by atoms with Crippen LogP contribution in [0.15, 0.2) is 24.3 Å². The van der Waals surface area contributed by atoms with Crippen LogP contribution in [0.5, 0.6) is 0 Å². The van der Waals surface area contributed by atoms with Crippen LogP contribution in [0.2, 0.25) is 0 Å². The molecule has 4 nitrogen and oxygen atoms in total. The molecule has 4 N–H and O–H groups in total. The minimum absolute atomic E-state index is 0.219. The fourth-order valence-electron chi connectivity index (χ4n) is 2.32. The molecule has 0 aliphatic heterocycles. The Morgan fingerprint density at radius 1 is 1.35 bits per heavy atom. The summed E-state index contributed by atoms with van der Waals surface area (Å²) < 4.78 is 1.96. The van der Waals surface area contributed by atoms with Crippen LogP contribution in [-0.4, -0.2) is 17.0 Å². The quantitative estimate of drug-likeness (QED) is 0.821. The average molecular weight is 231 g/mol. The van der Waals surface area contributed by atoms with Crippen LogP contribution in [0.3, 0.4) is 0 Å². The third-order valence-electron chi connectivity index (χ3n) is 3.07. The lowest BCUT2D eigenvalue weighted by Crippen LogP contribution is -2.19. The Kier molecular flexibility index (Phi) is 3.15. The topological polar surface area (TPSA) is 74.0 Å². The Balaban J connectivity index is 2.65. The largest absolute Gasteiger partial charge is 0.368 e. The van der Waals surface area contributed by atoms with E-state index in [2.05, 4.69) is 6.07 Å². The molecule has 0 fully saturated rings. The number of fused-ring (bicyclic) bond motifs is 1. The van der Waals surface area contributed by atoms with Gasteiger partial charge in [0, 0.05) is 16.6 Å². The fourth-order valence-corrected chi connectivity index (χ4v) is 2.32. The minimum Gasteiger partial charge on any atom is -0.368 e. The maximum absolute atomic E-state index is 11.1. The zero-order chi connectivity index (χ0) is 12.4. The standard InChI is InChI=1S/C13H17N3O/c1-9-10(6-7-14)11-4-2-3-5-12(11)16(9)8-13(15)17/h2-5H,6-8,14H2,1H3,(H2,15,17). The first kappa shape index (κ1) is 11.7. The molecule has 0 spiro atoms. The monoisotopic (exact) mass is 231 g/mol. The molecule has 0 aliphatic rings. The second kappa shape index (κ2) is 4.59. The van der Waals surface area contributed by atoms with Gasteiger partial charge in [0.15, 0.2) is 0 Å². The maximum atomic E-state index is 11.1. The highest BCUT2D eigenvalue weighted by Crippen LogP contribution is 2.25. The number of carbonyl (C=O) groups is 1. The molecule has 2 rings (SSSR count). The number of hydrogen-bond acceptors (Lipinski definition) is 2. The van der Waals surface area contributed by atoms with Gasteiger partial charge in [-0.3, -0.25) is 4.79 Å². The highest BCUT2D eigenvalue weighted by Gasteiger charge is 2.13. The maximum Gasteiger partial charge on any atom is 0.237 e. The summed E-state index contributed by atoms with van der Waals surface area (Å²) in [6.45, 7) is 2.83. The van der Waals surface area contributed by atoms with Gasteiger partial charge in [0.05, 0.1) is 0 Å². The normalized spacial score (nSPS) is 10.9. The van der Waals surface area contributed by atoms with E-state index < -0.39 is 0 Å². The fraction of sp³-hybridized carbons (Fsp3) is 0.308. The molecule has 4 heteroatoms. The van der Waals surface area contributed by atoms with Crippen molar-refractivity contribution >= 4 is 16.8 Å². The van der Waals surface area contributed by atoms with Crippen molar-refractivity contribution in [2.45, 2.75) is 19.9 Å². The lowest BCUT2D eigenvalue weighted by Gasteiger charge is -2.05. The van der Waals surface area contributed by atoms with Gasteiger partial charge in [0.25, 0.3) is 0 Å². The summed E-state index contributed by atoms with van der Waals surface area (Å²) >= 11 is 0. The summed E-state index contributed by atoms with van der Waals surface area (Å²) in [6, 6.07) is 8.03. The van der Waals surface area contributed by atoms with E-state index >= 15 is 0 Å². The second-order valence-corrected chi connectivity index (χ2v) is 4.17. The van der Waals surface area contributed by atoms with Gasteiger partial charge in [-0.1, -0.05) is 18.2 Å². The van der Waals surface area contributed by atoms with Crippen LogP contribution in [0, 0.1) is 6.92 Å². The molecule has 0 saturated heterocycles. The smallest absolute Gasteiger partial charge is 0.237 e. The lowest BCUT2D eigenvalue weighted by atomic mass is 10.1. The highest BCUT2D eigenvalue weighted by atomic mass is 16.1. The number of benzene rings is 1. The molecule has 0 atom stereocenters. The third-order valence-corrected chi connectivity index (χ3v) is 3.07. The van der Waals surface area contributed by atoms with Crippen LogP contribution in [0.1, 0.15) is 11.3 Å². The van der Waals surface area contributed by atoms with E-state index in [0.29, 0.717) is 6.54 Å². The molecule has 1 aromatic carbocycles. The Morgan fingerprint density at radius 3 is 2.71 bits per heavy atom. The van der Waals surface area contributed by atoms with Gasteiger partial charge in [-0.25, -0.2) is 0 Å². The van der Waals surface area contributed by atoms with Gasteiger partial charge in [0.1, 0.15) is 6.54 Å². The third kappa shape index (κ3) is 2.03. The van der Waals surface area contributed by atoms with E-state index in [0.717, 1.165) is 23.0 Å². The number of aromatic nitrogens is 1. The number of amides is 1. The Hall–Kier alpha value is -1.81. The predicted molar refractivity (Wildman–Crippen MR) is 68.6 cm³/mol. The first-order valence-corrected chi connectivity index (χ1v) is 5.70. The van der Waals surface area contributed by atoms with Gasteiger partial charge >= 0.3 is 0 Å². The number of nitrogens with zero attached hydrogens (tertiary/aromatic N) is 1. The van der Waals surface area contributed by atoms with E-state index in [9.17, 15) is 4.79 Å². The summed E-state index contributed by atoms with van der Waals surface area (Å²) in [6.07, 6.45) is 0.818. The molecule has 90 valence electrons. The van der Waals surface area contributed by atoms with E-state index in [-0.39, 0.29) is 12.5 Å². The van der Waals surface area contributed by atoms with E-state index in [1.54, 1.807) is 0 Å². The summed E-state index contributed by atoms with van der Waals surface area (Å²) in [5.74, 6) is -0.326. The number of hydrogen-bond donors (Lipinski definition) is 2. The Labute approximate surface area is 100 Å². The zero-order valence-corrected chi connectivity index (χ0v) is 9.94. The van der Waals surface area contributed by atoms with E-state index in [4.69, 9.17) is 11.5 Å². The van der Waals surface area contributed by atoms with Gasteiger partial charge < -0.3 is 16.0 Å². The summed E-state index contributed by atoms with van der Waals surface area (Å²) in [5.41, 5.74) is 14.3. The van der Waals surface area contributed by atoms with Crippen LogP contribution in [0.4, 0.5) is 0 Å². The van der Waals surface area contributed by atoms with Gasteiger partial charge in [0.2, 0.25) is 5.91 Å². The number of nitrogens with two attached hydrogens (primary N) is 2. The molecule has 1 heterocycles. The van der Waals surface area contributed by atoms with Crippen LogP contribution in [-0.2, 0) is 17.8 Å². The Morgan fingerprint density at radius 2 is 2.06 bits per heavy atom. The van der Waals surface area contributed by atoms with Gasteiger partial charge in [-0.2, -0.15) is 0 Å². The van der Waals surface area contributed by atoms with Gasteiger partial charge in [-0.15, -0.1) is 0 Å². The number of carbonyl (C=O) groups excluding carboxylic acids is 1. The molecular weight excluding hydrogens is 214 g/mol. The summed E-state index contributed by atoms with van der Waals surface area (Å²) in [4.78, 5) is 11.1. The Bertz CT molecular complexity index is 557. The first-order chi connectivity index (χ1) is 8.15. The molecule has 1 aromatic heterocycles. The van der Waals surface area contributed by atoms with E-state index in [1.807, 2.05) is 29.7 Å². The van der Waals surface area contributed by atoms with Crippen molar-refractivity contribution in [2.24, 2.45) is 11.5 Å². The molecule has 0 bridgehead atoms. The van der Waals surface area contributed by atoms with Crippen molar-refractivity contribution in [1.29, 1.82) is 0 Å². The molecule has 0 saturated carbocycles. The predicted octanol–water partition coefficient (Wildman–Crippen LogP) is 0.936. The minimum atomic E-state index is -0.326. The summed E-state index contributed by atoms with van der Waals surface area (Å²) in [5, 5.41) is 1.16. The molecule has 0 aliphatic carbocycles. The second-order valence-electron chi connectivity index (χ2n) is 4.17. The SMILES string of the molecule is Cc1c(CCN)c2ccccc2n1CC(N)=O. The van der Waals surface area contributed by atoms with Crippen molar-refractivity contribution in [1.82, 2.24) is 4.57 Å². The number of primary amides is 1. The molecule has 17 heavy (non-hydrogen) atoms. The number of para-hydroxylation sites is 1. The van der Waals surface area contributed by atoms with E-state index in [1.165, 1.54) is 5.56 Å². The van der Waals surface area contributed by atoms with Crippen molar-refractivity contribution in [2.75, 3.05) is 6.54 Å². The zero-order valence-electron chi connectivity index (χ0n) is 9.94. The van der Waals surface area contributed by atoms with Gasteiger partial charge in [-0.05, 0) is 31.5 Å². The highest BCUT2D eigenvalue weighted by molar-refractivity contribution is 5.87. The molecular formula is C13H17N3O.